The maximum absolute atomic E-state index is 13.6. The zero-order valence-corrected chi connectivity index (χ0v) is 17.0. The third-order valence-electron chi connectivity index (χ3n) is 7.02. The van der Waals surface area contributed by atoms with E-state index in [4.69, 9.17) is 4.74 Å². The SMILES string of the molecule is COCCn1c(C(=O)N2C[C@H]3C[C@@H](C2)C2CCCC(=O)N2C3)cc2ccccc21. The Labute approximate surface area is 171 Å². The van der Waals surface area contributed by atoms with Crippen LogP contribution >= 0.6 is 0 Å². The van der Waals surface area contributed by atoms with E-state index in [1.54, 1.807) is 7.11 Å². The number of aromatic nitrogens is 1. The van der Waals surface area contributed by atoms with Crippen molar-refractivity contribution < 1.29 is 14.3 Å². The van der Waals surface area contributed by atoms with Crippen LogP contribution in [0, 0.1) is 11.8 Å². The minimum Gasteiger partial charge on any atom is -0.383 e. The topological polar surface area (TPSA) is 54.8 Å². The molecule has 1 unspecified atom stereocenters. The van der Waals surface area contributed by atoms with Gasteiger partial charge in [-0.3, -0.25) is 9.59 Å². The molecule has 154 valence electrons. The summed E-state index contributed by atoms with van der Waals surface area (Å²) in [4.78, 5) is 30.1. The lowest BCUT2D eigenvalue weighted by molar-refractivity contribution is -0.144. The average Bonchev–Trinajstić information content (AvgIpc) is 3.11. The number of nitrogens with zero attached hydrogens (tertiary/aromatic N) is 3. The van der Waals surface area contributed by atoms with Crippen LogP contribution in [0.2, 0.25) is 0 Å². The molecular formula is C23H29N3O3. The van der Waals surface area contributed by atoms with Gasteiger partial charge in [0.25, 0.3) is 5.91 Å². The Bertz CT molecular complexity index is 937. The lowest BCUT2D eigenvalue weighted by Crippen LogP contribution is -2.61. The van der Waals surface area contributed by atoms with Gasteiger partial charge in [0.1, 0.15) is 5.69 Å². The number of amides is 2. The third kappa shape index (κ3) is 3.23. The van der Waals surface area contributed by atoms with Crippen molar-refractivity contribution in [2.24, 2.45) is 11.8 Å². The molecular weight excluding hydrogens is 366 g/mol. The molecule has 0 aliphatic carbocycles. The van der Waals surface area contributed by atoms with E-state index in [-0.39, 0.29) is 5.91 Å². The fourth-order valence-electron chi connectivity index (χ4n) is 5.75. The third-order valence-corrected chi connectivity index (χ3v) is 7.02. The van der Waals surface area contributed by atoms with Crippen LogP contribution < -0.4 is 0 Å². The van der Waals surface area contributed by atoms with E-state index in [0.717, 1.165) is 55.5 Å². The minimum absolute atomic E-state index is 0.114. The Balaban J connectivity index is 1.42. The lowest BCUT2D eigenvalue weighted by atomic mass is 9.76. The molecule has 3 atom stereocenters. The van der Waals surface area contributed by atoms with Crippen molar-refractivity contribution >= 4 is 22.7 Å². The van der Waals surface area contributed by atoms with Crippen LogP contribution in [0.15, 0.2) is 30.3 Å². The first-order valence-corrected chi connectivity index (χ1v) is 10.8. The van der Waals surface area contributed by atoms with E-state index >= 15 is 0 Å². The predicted octanol–water partition coefficient (Wildman–Crippen LogP) is 2.76. The van der Waals surface area contributed by atoms with Gasteiger partial charge in [-0.25, -0.2) is 0 Å². The quantitative estimate of drug-likeness (QED) is 0.800. The molecule has 4 heterocycles. The van der Waals surface area contributed by atoms with Gasteiger partial charge in [-0.1, -0.05) is 18.2 Å². The second-order valence-corrected chi connectivity index (χ2v) is 8.81. The molecule has 5 rings (SSSR count). The number of methoxy groups -OCH3 is 1. The molecule has 2 aromatic rings. The van der Waals surface area contributed by atoms with Gasteiger partial charge < -0.3 is 19.1 Å². The number of carbonyl (C=O) groups is 2. The van der Waals surface area contributed by atoms with Gasteiger partial charge in [0.05, 0.1) is 6.61 Å². The molecule has 0 N–H and O–H groups in total. The van der Waals surface area contributed by atoms with Gasteiger partial charge in [-0.2, -0.15) is 0 Å². The van der Waals surface area contributed by atoms with Crippen molar-refractivity contribution in [3.63, 3.8) is 0 Å². The van der Waals surface area contributed by atoms with Crippen LogP contribution in [0.5, 0.6) is 0 Å². The molecule has 3 aliphatic heterocycles. The average molecular weight is 396 g/mol. The minimum atomic E-state index is 0.114. The smallest absolute Gasteiger partial charge is 0.270 e. The monoisotopic (exact) mass is 395 g/mol. The van der Waals surface area contributed by atoms with Crippen LogP contribution in [0.4, 0.5) is 0 Å². The molecule has 29 heavy (non-hydrogen) atoms. The molecule has 0 spiro atoms. The largest absolute Gasteiger partial charge is 0.383 e. The summed E-state index contributed by atoms with van der Waals surface area (Å²) in [5.41, 5.74) is 1.83. The zero-order chi connectivity index (χ0) is 20.0. The summed E-state index contributed by atoms with van der Waals surface area (Å²) in [6.07, 6.45) is 3.91. The van der Waals surface area contributed by atoms with Gasteiger partial charge in [-0.05, 0) is 43.2 Å². The summed E-state index contributed by atoms with van der Waals surface area (Å²) in [5.74, 6) is 1.23. The molecule has 1 aromatic carbocycles. The highest BCUT2D eigenvalue weighted by Crippen LogP contribution is 2.38. The molecule has 2 bridgehead atoms. The van der Waals surface area contributed by atoms with Gasteiger partial charge in [0, 0.05) is 56.7 Å². The highest BCUT2D eigenvalue weighted by molar-refractivity contribution is 5.99. The fourth-order valence-corrected chi connectivity index (χ4v) is 5.75. The molecule has 6 nitrogen and oxygen atoms in total. The number of hydrogen-bond donors (Lipinski definition) is 0. The van der Waals surface area contributed by atoms with Crippen LogP contribution in [-0.2, 0) is 16.1 Å². The fraction of sp³-hybridized carbons (Fsp3) is 0.565. The van der Waals surface area contributed by atoms with Crippen molar-refractivity contribution in [1.29, 1.82) is 0 Å². The van der Waals surface area contributed by atoms with Gasteiger partial charge in [-0.15, -0.1) is 0 Å². The van der Waals surface area contributed by atoms with Crippen molar-refractivity contribution in [3.05, 3.63) is 36.0 Å². The summed E-state index contributed by atoms with van der Waals surface area (Å²) in [6, 6.07) is 10.5. The summed E-state index contributed by atoms with van der Waals surface area (Å²) in [7, 11) is 1.69. The maximum atomic E-state index is 13.6. The van der Waals surface area contributed by atoms with Crippen LogP contribution in [0.25, 0.3) is 10.9 Å². The zero-order valence-electron chi connectivity index (χ0n) is 17.0. The predicted molar refractivity (Wildman–Crippen MR) is 111 cm³/mol. The first-order valence-electron chi connectivity index (χ1n) is 10.8. The van der Waals surface area contributed by atoms with Crippen molar-refractivity contribution in [2.75, 3.05) is 33.4 Å². The van der Waals surface area contributed by atoms with E-state index in [9.17, 15) is 9.59 Å². The number of fused-ring (bicyclic) bond motifs is 5. The second kappa shape index (κ2) is 7.48. The standard InChI is InChI=1S/C23H29N3O3/c1-29-10-9-25-19-6-3-2-5-17(19)12-21(25)23(28)24-13-16-11-18(15-24)20-7-4-8-22(27)26(20)14-16/h2-3,5-6,12,16,18,20H,4,7-11,13-15H2,1H3/t16-,18+,20?/m1/s1. The summed E-state index contributed by atoms with van der Waals surface area (Å²) in [5, 5.41) is 1.09. The number of benzene rings is 1. The Morgan fingerprint density at radius 3 is 2.93 bits per heavy atom. The first kappa shape index (κ1) is 18.7. The second-order valence-electron chi connectivity index (χ2n) is 8.81. The summed E-state index contributed by atoms with van der Waals surface area (Å²) < 4.78 is 7.39. The Hall–Kier alpha value is -2.34. The Morgan fingerprint density at radius 1 is 1.21 bits per heavy atom. The van der Waals surface area contributed by atoms with E-state index in [0.29, 0.717) is 43.4 Å². The molecule has 6 heteroatoms. The molecule has 0 radical (unpaired) electrons. The Morgan fingerprint density at radius 2 is 2.07 bits per heavy atom. The van der Waals surface area contributed by atoms with Crippen LogP contribution in [0.3, 0.4) is 0 Å². The van der Waals surface area contributed by atoms with Crippen molar-refractivity contribution in [2.45, 2.75) is 38.3 Å². The van der Waals surface area contributed by atoms with Crippen LogP contribution in [-0.4, -0.2) is 65.6 Å². The number of rotatable bonds is 4. The number of para-hydroxylation sites is 1. The number of hydrogen-bond acceptors (Lipinski definition) is 3. The number of ether oxygens (including phenoxy) is 1. The molecule has 0 saturated carbocycles. The maximum Gasteiger partial charge on any atom is 0.270 e. The summed E-state index contributed by atoms with van der Waals surface area (Å²) >= 11 is 0. The van der Waals surface area contributed by atoms with Crippen molar-refractivity contribution in [3.8, 4) is 0 Å². The molecule has 3 saturated heterocycles. The van der Waals surface area contributed by atoms with E-state index in [1.165, 1.54) is 0 Å². The number of likely N-dealkylation sites (tertiary alicyclic amines) is 1. The molecule has 1 aromatic heterocycles. The van der Waals surface area contributed by atoms with Gasteiger partial charge in [0.2, 0.25) is 5.91 Å². The normalized spacial score (nSPS) is 26.7. The molecule has 2 amide bonds. The highest BCUT2D eigenvalue weighted by Gasteiger charge is 2.45. The lowest BCUT2D eigenvalue weighted by Gasteiger charge is -2.52. The van der Waals surface area contributed by atoms with E-state index < -0.39 is 0 Å². The van der Waals surface area contributed by atoms with Gasteiger partial charge >= 0.3 is 0 Å². The number of carbonyl (C=O) groups excluding carboxylic acids is 2. The van der Waals surface area contributed by atoms with Crippen LogP contribution in [0.1, 0.15) is 36.2 Å². The number of piperidine rings is 3. The van der Waals surface area contributed by atoms with E-state index in [2.05, 4.69) is 21.6 Å². The van der Waals surface area contributed by atoms with E-state index in [1.807, 2.05) is 23.1 Å². The molecule has 3 fully saturated rings. The summed E-state index contributed by atoms with van der Waals surface area (Å²) in [6.45, 7) is 3.56. The van der Waals surface area contributed by atoms with Crippen molar-refractivity contribution in [1.82, 2.24) is 14.4 Å². The highest BCUT2D eigenvalue weighted by atomic mass is 16.5. The Kier molecular flexibility index (Phi) is 4.82. The first-order chi connectivity index (χ1) is 14.2. The molecule has 3 aliphatic rings. The van der Waals surface area contributed by atoms with Gasteiger partial charge in [0.15, 0.2) is 0 Å².